The van der Waals surface area contributed by atoms with Gasteiger partial charge in [-0.2, -0.15) is 5.26 Å². The fourth-order valence-electron chi connectivity index (χ4n) is 10.5. The van der Waals surface area contributed by atoms with E-state index in [-0.39, 0.29) is 5.78 Å². The Hall–Kier alpha value is -12.5. The molecule has 0 saturated carbocycles. The summed E-state index contributed by atoms with van der Waals surface area (Å²) in [7, 11) is 0. The lowest BCUT2D eigenvalue weighted by Gasteiger charge is -2.10. The van der Waals surface area contributed by atoms with E-state index >= 15 is 0 Å². The van der Waals surface area contributed by atoms with Crippen molar-refractivity contribution in [3.8, 4) is 119 Å². The van der Waals surface area contributed by atoms with E-state index in [1.54, 1.807) is 31.2 Å². The summed E-state index contributed by atoms with van der Waals surface area (Å²) in [4.78, 5) is 39.7. The number of carbonyl (C=O) groups is 1. The Morgan fingerprint density at radius 2 is 0.515 bits per heavy atom. The molecule has 0 radical (unpaired) electrons. The van der Waals surface area contributed by atoms with Crippen molar-refractivity contribution >= 4 is 49.8 Å². The zero-order valence-electron chi connectivity index (χ0n) is 55.3. The third-order valence-electron chi connectivity index (χ3n) is 15.9. The van der Waals surface area contributed by atoms with Crippen LogP contribution in [0.3, 0.4) is 0 Å². The fraction of sp³-hybridized carbons (Fsp3) is 0.0110. The molecular formula is C91H67Br2N7O. The number of Topliss-reactive ketones (excluding diaryl/α,β-unsaturated/α-hetero) is 1. The van der Waals surface area contributed by atoms with Gasteiger partial charge in [0.2, 0.25) is 0 Å². The number of ketones is 1. The molecule has 15 aromatic rings. The Kier molecular flexibility index (Phi) is 24.6. The summed E-state index contributed by atoms with van der Waals surface area (Å²) in [6, 6.07) is 119. The molecule has 12 aromatic carbocycles. The lowest BCUT2D eigenvalue weighted by molar-refractivity contribution is 0.101. The SMILES string of the molecule is Brc1ccc(-c2cc(-c3ccccc3)nc(-c3ccccc3)n2)cc1.C=Cc1ccc(-c2cc(-c3ccccc3)nc(-c3ccccc3)n2)cc1.C=Cc1ccc(-c2ccc(-c3cc(-c4ccccc4)nc(-c4ccccc4)n3)cc2)cc1.CC(=O)c1ccc(Br)cc1.N#Cc1ccccc1. The van der Waals surface area contributed by atoms with Crippen molar-refractivity contribution in [3.63, 3.8) is 0 Å². The van der Waals surface area contributed by atoms with E-state index in [2.05, 4.69) is 172 Å². The molecule has 0 saturated heterocycles. The maximum Gasteiger partial charge on any atom is 0.160 e. The predicted molar refractivity (Wildman–Crippen MR) is 424 cm³/mol. The van der Waals surface area contributed by atoms with Gasteiger partial charge in [-0.3, -0.25) is 4.79 Å². The van der Waals surface area contributed by atoms with Crippen LogP contribution in [0.25, 0.3) is 125 Å². The number of hydrogen-bond donors (Lipinski definition) is 0. The number of nitriles is 1. The zero-order chi connectivity index (χ0) is 70.0. The van der Waals surface area contributed by atoms with Gasteiger partial charge in [-0.15, -0.1) is 0 Å². The van der Waals surface area contributed by atoms with Crippen LogP contribution in [0.1, 0.15) is 34.0 Å². The van der Waals surface area contributed by atoms with Gasteiger partial charge >= 0.3 is 0 Å². The molecule has 0 aliphatic rings. The van der Waals surface area contributed by atoms with Crippen LogP contribution < -0.4 is 0 Å². The summed E-state index contributed by atoms with van der Waals surface area (Å²) in [5.74, 6) is 2.30. The van der Waals surface area contributed by atoms with Crippen LogP contribution in [0.4, 0.5) is 0 Å². The Morgan fingerprint density at radius 3 is 0.772 bits per heavy atom. The van der Waals surface area contributed by atoms with Crippen LogP contribution in [-0.4, -0.2) is 35.7 Å². The highest BCUT2D eigenvalue weighted by molar-refractivity contribution is 9.10. The number of carbonyl (C=O) groups excluding carboxylic acids is 1. The monoisotopic (exact) mass is 1430 g/mol. The Morgan fingerprint density at radius 1 is 0.297 bits per heavy atom. The number of nitrogens with zero attached hydrogens (tertiary/aromatic N) is 7. The molecule has 0 fully saturated rings. The molecule has 0 amide bonds. The maximum atomic E-state index is 10.7. The summed E-state index contributed by atoms with van der Waals surface area (Å²) >= 11 is 6.77. The summed E-state index contributed by atoms with van der Waals surface area (Å²) in [6.45, 7) is 9.20. The quantitative estimate of drug-likeness (QED) is 0.105. The second kappa shape index (κ2) is 35.6. The minimum Gasteiger partial charge on any atom is -0.295 e. The van der Waals surface area contributed by atoms with Gasteiger partial charge in [0.05, 0.1) is 45.8 Å². The highest BCUT2D eigenvalue weighted by atomic mass is 79.9. The second-order valence-electron chi connectivity index (χ2n) is 22.9. The molecule has 15 rings (SSSR count). The Balaban J connectivity index is 0.000000136. The smallest absolute Gasteiger partial charge is 0.160 e. The summed E-state index contributed by atoms with van der Waals surface area (Å²) in [6.07, 6.45) is 3.70. The molecule has 101 heavy (non-hydrogen) atoms. The molecule has 3 aromatic heterocycles. The lowest BCUT2D eigenvalue weighted by Crippen LogP contribution is -1.95. The fourth-order valence-corrected chi connectivity index (χ4v) is 11.0. The molecule has 0 unspecified atom stereocenters. The summed E-state index contributed by atoms with van der Waals surface area (Å²) < 4.78 is 2.05. The molecular weight excluding hydrogens is 1370 g/mol. The first-order chi connectivity index (χ1) is 49.6. The number of halogens is 2. The molecule has 0 spiro atoms. The van der Waals surface area contributed by atoms with Crippen LogP contribution in [0, 0.1) is 11.3 Å². The van der Waals surface area contributed by atoms with Gasteiger partial charge in [0.15, 0.2) is 23.3 Å². The van der Waals surface area contributed by atoms with Gasteiger partial charge in [0.1, 0.15) is 0 Å². The molecule has 486 valence electrons. The topological polar surface area (TPSA) is 118 Å². The third kappa shape index (κ3) is 19.8. The minimum absolute atomic E-state index is 0.104. The Labute approximate surface area is 607 Å². The Bertz CT molecular complexity index is 5010. The van der Waals surface area contributed by atoms with Gasteiger partial charge in [-0.05, 0) is 83.8 Å². The van der Waals surface area contributed by atoms with Crippen molar-refractivity contribution in [2.24, 2.45) is 0 Å². The molecule has 0 aliphatic carbocycles. The standard InChI is InChI=1S/C30H22N2.C24H18N2.C22H15BrN2.C8H7BrO.C7H5N/c1-2-22-13-15-23(16-14-22)24-17-19-26(20-18-24)29-21-28(25-9-5-3-6-10-25)31-30(32-29)27-11-7-4-8-12-27;1-2-18-13-15-20(16-14-18)23-17-22(19-9-5-3-6-10-19)25-24(26-23)21-11-7-4-8-12-21;23-19-13-11-17(12-14-19)21-15-20(16-7-3-1-4-8-16)24-22(25-21)18-9-5-2-6-10-18;1-6(10)7-2-4-8(9)5-3-7;8-6-7-4-2-1-3-5-7/h2-21H,1H2;2-17H,1H2;1-15H;2-5H,1H3;1-5H. The van der Waals surface area contributed by atoms with Gasteiger partial charge < -0.3 is 0 Å². The largest absolute Gasteiger partial charge is 0.295 e. The molecule has 0 aliphatic heterocycles. The van der Waals surface area contributed by atoms with Gasteiger partial charge in [0.25, 0.3) is 0 Å². The average molecular weight is 1430 g/mol. The van der Waals surface area contributed by atoms with E-state index in [1.807, 2.05) is 218 Å². The van der Waals surface area contributed by atoms with Crippen LogP contribution in [-0.2, 0) is 0 Å². The van der Waals surface area contributed by atoms with Crippen LogP contribution >= 0.6 is 31.9 Å². The first-order valence-electron chi connectivity index (χ1n) is 32.6. The first-order valence-corrected chi connectivity index (χ1v) is 34.2. The normalized spacial score (nSPS) is 10.2. The first kappa shape index (κ1) is 69.8. The van der Waals surface area contributed by atoms with E-state index in [0.717, 1.165) is 127 Å². The highest BCUT2D eigenvalue weighted by Gasteiger charge is 2.14. The van der Waals surface area contributed by atoms with E-state index in [9.17, 15) is 4.79 Å². The number of rotatable bonds is 13. The highest BCUT2D eigenvalue weighted by Crippen LogP contribution is 2.33. The molecule has 8 nitrogen and oxygen atoms in total. The average Bonchev–Trinajstić information content (AvgIpc) is 0.817. The van der Waals surface area contributed by atoms with Crippen molar-refractivity contribution in [1.29, 1.82) is 5.26 Å². The minimum atomic E-state index is 0.104. The van der Waals surface area contributed by atoms with E-state index in [0.29, 0.717) is 5.56 Å². The second-order valence-corrected chi connectivity index (χ2v) is 24.7. The lowest BCUT2D eigenvalue weighted by atomic mass is 10.0. The van der Waals surface area contributed by atoms with Crippen LogP contribution in [0.2, 0.25) is 0 Å². The van der Waals surface area contributed by atoms with Crippen molar-refractivity contribution in [1.82, 2.24) is 29.9 Å². The number of aromatic nitrogens is 6. The van der Waals surface area contributed by atoms with Crippen molar-refractivity contribution in [3.05, 3.63) is 396 Å². The van der Waals surface area contributed by atoms with E-state index in [4.69, 9.17) is 35.2 Å². The van der Waals surface area contributed by atoms with E-state index in [1.165, 1.54) is 11.1 Å². The molecule has 0 N–H and O–H groups in total. The van der Waals surface area contributed by atoms with Crippen molar-refractivity contribution < 1.29 is 4.79 Å². The van der Waals surface area contributed by atoms with Crippen molar-refractivity contribution in [2.45, 2.75) is 6.92 Å². The molecule has 10 heteroatoms. The van der Waals surface area contributed by atoms with Crippen molar-refractivity contribution in [2.75, 3.05) is 0 Å². The van der Waals surface area contributed by atoms with Crippen LogP contribution in [0.15, 0.2) is 374 Å². The molecule has 0 bridgehead atoms. The van der Waals surface area contributed by atoms with Crippen LogP contribution in [0.5, 0.6) is 0 Å². The van der Waals surface area contributed by atoms with Gasteiger partial charge in [-0.25, -0.2) is 29.9 Å². The summed E-state index contributed by atoms with van der Waals surface area (Å²) in [5.41, 5.74) is 21.0. The molecule has 3 heterocycles. The van der Waals surface area contributed by atoms with Gasteiger partial charge in [0, 0.05) is 64.6 Å². The third-order valence-corrected chi connectivity index (χ3v) is 16.9. The van der Waals surface area contributed by atoms with Gasteiger partial charge in [-0.1, -0.05) is 354 Å². The number of hydrogen-bond acceptors (Lipinski definition) is 8. The summed E-state index contributed by atoms with van der Waals surface area (Å²) in [5, 5.41) is 8.29. The predicted octanol–water partition coefficient (Wildman–Crippen LogP) is 24.4. The zero-order valence-corrected chi connectivity index (χ0v) is 58.5. The molecule has 0 atom stereocenters. The number of benzene rings is 12. The van der Waals surface area contributed by atoms with E-state index < -0.39 is 0 Å². The maximum absolute atomic E-state index is 10.7.